The Morgan fingerprint density at radius 2 is 2.29 bits per heavy atom. The predicted molar refractivity (Wildman–Crippen MR) is 67.8 cm³/mol. The van der Waals surface area contributed by atoms with Gasteiger partial charge in [-0.05, 0) is 24.7 Å². The topological polar surface area (TPSA) is 45.8 Å². The van der Waals surface area contributed by atoms with Crippen molar-refractivity contribution in [1.29, 1.82) is 0 Å². The van der Waals surface area contributed by atoms with E-state index in [1.165, 1.54) is 19.3 Å². The van der Waals surface area contributed by atoms with Gasteiger partial charge < -0.3 is 4.98 Å². The number of nitrogens with zero attached hydrogens (tertiary/aromatic N) is 1. The molecule has 1 aromatic heterocycles. The second-order valence-electron chi connectivity index (χ2n) is 5.24. The first kappa shape index (κ1) is 12.3. The number of rotatable bonds is 4. The lowest BCUT2D eigenvalue weighted by molar-refractivity contribution is 0.0752. The molecule has 2 rings (SSSR count). The summed E-state index contributed by atoms with van der Waals surface area (Å²) in [7, 11) is 0. The maximum absolute atomic E-state index is 12.4. The number of hydrogen-bond acceptors (Lipinski definition) is 2. The molecule has 3 unspecified atom stereocenters. The average molecular weight is 234 g/mol. The van der Waals surface area contributed by atoms with Crippen LogP contribution in [0.15, 0.2) is 12.4 Å². The van der Waals surface area contributed by atoms with Crippen molar-refractivity contribution in [1.82, 2.24) is 9.97 Å². The van der Waals surface area contributed by atoms with Gasteiger partial charge in [0, 0.05) is 18.3 Å². The molecule has 0 amide bonds. The first-order valence-corrected chi connectivity index (χ1v) is 6.77. The summed E-state index contributed by atoms with van der Waals surface area (Å²) >= 11 is 0. The van der Waals surface area contributed by atoms with Crippen LogP contribution in [0.1, 0.15) is 56.6 Å². The summed E-state index contributed by atoms with van der Waals surface area (Å²) in [6, 6.07) is 0. The minimum Gasteiger partial charge on any atom is -0.342 e. The molecule has 94 valence electrons. The third-order valence-electron chi connectivity index (χ3n) is 4.26. The number of Topliss-reactive ketones (excluding diaryl/α,β-unsaturated/α-hetero) is 1. The summed E-state index contributed by atoms with van der Waals surface area (Å²) in [6.07, 6.45) is 9.25. The average Bonchev–Trinajstić information content (AvgIpc) is 2.91. The van der Waals surface area contributed by atoms with E-state index in [4.69, 9.17) is 0 Å². The molecule has 1 aromatic rings. The van der Waals surface area contributed by atoms with Gasteiger partial charge in [-0.1, -0.05) is 33.1 Å². The number of imidazole rings is 1. The number of carbonyl (C=O) groups excluding carboxylic acids is 1. The predicted octanol–water partition coefficient (Wildman–Crippen LogP) is 3.44. The van der Waals surface area contributed by atoms with Crippen molar-refractivity contribution >= 4 is 5.78 Å². The molecular formula is C14H22N2O. The molecule has 0 aromatic carbocycles. The van der Waals surface area contributed by atoms with Crippen molar-refractivity contribution in [2.75, 3.05) is 0 Å². The van der Waals surface area contributed by atoms with Crippen LogP contribution < -0.4 is 0 Å². The van der Waals surface area contributed by atoms with Crippen molar-refractivity contribution < 1.29 is 4.79 Å². The highest BCUT2D eigenvalue weighted by molar-refractivity contribution is 5.94. The van der Waals surface area contributed by atoms with Crippen molar-refractivity contribution in [2.45, 2.75) is 46.0 Å². The first-order valence-electron chi connectivity index (χ1n) is 6.77. The summed E-state index contributed by atoms with van der Waals surface area (Å²) in [5, 5.41) is 0. The Kier molecular flexibility index (Phi) is 3.97. The van der Waals surface area contributed by atoms with E-state index in [9.17, 15) is 4.79 Å². The van der Waals surface area contributed by atoms with E-state index in [-0.39, 0.29) is 11.7 Å². The normalized spacial score (nSPS) is 26.7. The number of hydrogen-bond donors (Lipinski definition) is 1. The lowest BCUT2D eigenvalue weighted by Crippen LogP contribution is -2.32. The third kappa shape index (κ3) is 2.59. The molecule has 3 atom stereocenters. The quantitative estimate of drug-likeness (QED) is 0.811. The third-order valence-corrected chi connectivity index (χ3v) is 4.26. The molecule has 1 saturated carbocycles. The lowest BCUT2D eigenvalue weighted by atomic mass is 9.70. The molecule has 1 aliphatic rings. The monoisotopic (exact) mass is 234 g/mol. The molecular weight excluding hydrogens is 212 g/mol. The van der Waals surface area contributed by atoms with Crippen LogP contribution in [-0.4, -0.2) is 15.8 Å². The summed E-state index contributed by atoms with van der Waals surface area (Å²) in [4.78, 5) is 19.5. The highest BCUT2D eigenvalue weighted by Gasteiger charge is 2.34. The number of H-pyrrole nitrogens is 1. The van der Waals surface area contributed by atoms with E-state index < -0.39 is 0 Å². The number of nitrogens with one attached hydrogen (secondary N) is 1. The Morgan fingerprint density at radius 1 is 1.53 bits per heavy atom. The van der Waals surface area contributed by atoms with Gasteiger partial charge in [0.05, 0.1) is 0 Å². The summed E-state index contributed by atoms with van der Waals surface area (Å²) in [5.74, 6) is 2.14. The second kappa shape index (κ2) is 5.48. The molecule has 0 radical (unpaired) electrons. The molecule has 0 bridgehead atoms. The minimum absolute atomic E-state index is 0.185. The van der Waals surface area contributed by atoms with Crippen LogP contribution >= 0.6 is 0 Å². The van der Waals surface area contributed by atoms with E-state index in [0.717, 1.165) is 12.8 Å². The van der Waals surface area contributed by atoms with Crippen LogP contribution in [0.5, 0.6) is 0 Å². The maximum atomic E-state index is 12.4. The standard InChI is InChI=1S/C14H22N2O/c1-3-10(2)11-6-4-5-7-12(11)13(17)14-15-8-9-16-14/h8-12H,3-7H2,1-2H3,(H,15,16). The van der Waals surface area contributed by atoms with E-state index in [1.807, 2.05) is 0 Å². The molecule has 1 N–H and O–H groups in total. The van der Waals surface area contributed by atoms with Gasteiger partial charge in [0.15, 0.2) is 5.82 Å². The molecule has 17 heavy (non-hydrogen) atoms. The van der Waals surface area contributed by atoms with Crippen molar-refractivity contribution in [2.24, 2.45) is 17.8 Å². The zero-order chi connectivity index (χ0) is 12.3. The number of ketones is 1. The highest BCUT2D eigenvalue weighted by atomic mass is 16.1. The van der Waals surface area contributed by atoms with Crippen molar-refractivity contribution in [3.63, 3.8) is 0 Å². The Hall–Kier alpha value is -1.12. The Balaban J connectivity index is 2.13. The molecule has 1 heterocycles. The van der Waals surface area contributed by atoms with Crippen molar-refractivity contribution in [3.8, 4) is 0 Å². The zero-order valence-electron chi connectivity index (χ0n) is 10.8. The van der Waals surface area contributed by atoms with Gasteiger partial charge in [-0.25, -0.2) is 4.98 Å². The lowest BCUT2D eigenvalue weighted by Gasteiger charge is -2.34. The molecule has 0 aliphatic heterocycles. The number of carbonyl (C=O) groups is 1. The fourth-order valence-corrected chi connectivity index (χ4v) is 3.04. The van der Waals surface area contributed by atoms with Gasteiger partial charge in [-0.3, -0.25) is 4.79 Å². The van der Waals surface area contributed by atoms with E-state index in [1.54, 1.807) is 12.4 Å². The van der Waals surface area contributed by atoms with E-state index >= 15 is 0 Å². The molecule has 3 nitrogen and oxygen atoms in total. The molecule has 1 aliphatic carbocycles. The van der Waals surface area contributed by atoms with Gasteiger partial charge >= 0.3 is 0 Å². The number of aromatic nitrogens is 2. The Morgan fingerprint density at radius 3 is 2.94 bits per heavy atom. The first-order chi connectivity index (χ1) is 8.24. The fraction of sp³-hybridized carbons (Fsp3) is 0.714. The van der Waals surface area contributed by atoms with Gasteiger partial charge in [-0.15, -0.1) is 0 Å². The molecule has 0 spiro atoms. The number of aromatic amines is 1. The van der Waals surface area contributed by atoms with Crippen LogP contribution in [0.3, 0.4) is 0 Å². The van der Waals surface area contributed by atoms with E-state index in [0.29, 0.717) is 17.7 Å². The summed E-state index contributed by atoms with van der Waals surface area (Å²) in [5.41, 5.74) is 0. The van der Waals surface area contributed by atoms with Crippen LogP contribution in [0.25, 0.3) is 0 Å². The summed E-state index contributed by atoms with van der Waals surface area (Å²) in [6.45, 7) is 4.49. The Bertz CT molecular complexity index is 358. The molecule has 3 heteroatoms. The van der Waals surface area contributed by atoms with Gasteiger partial charge in [-0.2, -0.15) is 0 Å². The van der Waals surface area contributed by atoms with Crippen LogP contribution in [0, 0.1) is 17.8 Å². The summed E-state index contributed by atoms with van der Waals surface area (Å²) < 4.78 is 0. The van der Waals surface area contributed by atoms with Crippen LogP contribution in [-0.2, 0) is 0 Å². The smallest absolute Gasteiger partial charge is 0.201 e. The van der Waals surface area contributed by atoms with E-state index in [2.05, 4.69) is 23.8 Å². The fourth-order valence-electron chi connectivity index (χ4n) is 3.04. The Labute approximate surface area is 103 Å². The molecule has 0 saturated heterocycles. The highest BCUT2D eigenvalue weighted by Crippen LogP contribution is 2.37. The second-order valence-corrected chi connectivity index (χ2v) is 5.24. The van der Waals surface area contributed by atoms with Gasteiger partial charge in [0.1, 0.15) is 0 Å². The minimum atomic E-state index is 0.185. The zero-order valence-corrected chi connectivity index (χ0v) is 10.8. The molecule has 1 fully saturated rings. The van der Waals surface area contributed by atoms with Gasteiger partial charge in [0.2, 0.25) is 5.78 Å². The largest absolute Gasteiger partial charge is 0.342 e. The SMILES string of the molecule is CCC(C)C1CCCCC1C(=O)c1ncc[nH]1. The maximum Gasteiger partial charge on any atom is 0.201 e. The van der Waals surface area contributed by atoms with Crippen LogP contribution in [0.4, 0.5) is 0 Å². The van der Waals surface area contributed by atoms with Gasteiger partial charge in [0.25, 0.3) is 0 Å². The van der Waals surface area contributed by atoms with Crippen LogP contribution in [0.2, 0.25) is 0 Å². The van der Waals surface area contributed by atoms with Crippen molar-refractivity contribution in [3.05, 3.63) is 18.2 Å².